The second-order valence-corrected chi connectivity index (χ2v) is 13.5. The second-order valence-electron chi connectivity index (χ2n) is 13.5. The zero-order chi connectivity index (χ0) is 41.0. The number of aliphatic carboxylic acids is 1. The maximum absolute atomic E-state index is 12.8. The van der Waals surface area contributed by atoms with E-state index >= 15 is 0 Å². The lowest BCUT2D eigenvalue weighted by molar-refractivity contribution is -0.142. The standard InChI is InChI=1S/C35H53BN10O10/c1-22(34(52)46-17-7-9-28(46)36(55)56)41-32(50)23-12-14-24(15-13-23)44-45-30(48)11-4-2-3-10-29(47)39-16-6-5-8-26(35(53)54)43-33(51)27(42-31(49)19-37)18-25-20-38-21-40-25/h12-15,20-22,26-28,44,55-56H,2-11,16-19,37H2,1H3,(H,38,40)(H,39,47)(H,41,50)(H,42,49)(H,43,51)(H,45,48)(H,53,54)/t22-,26+,27+,28+/m1/s1. The van der Waals surface area contributed by atoms with E-state index in [1.165, 1.54) is 30.3 Å². The molecule has 2 aromatic rings. The number of hydrogen-bond donors (Lipinski definition) is 11. The van der Waals surface area contributed by atoms with Crippen molar-refractivity contribution in [2.75, 3.05) is 25.1 Å². The summed E-state index contributed by atoms with van der Waals surface area (Å²) < 4.78 is 0. The largest absolute Gasteiger partial charge is 0.480 e. The molecule has 1 aliphatic rings. The van der Waals surface area contributed by atoms with Crippen molar-refractivity contribution >= 4 is 54.2 Å². The fourth-order valence-corrected chi connectivity index (χ4v) is 6.02. The van der Waals surface area contributed by atoms with Gasteiger partial charge in [0.1, 0.15) is 18.1 Å². The molecule has 6 amide bonds. The molecule has 12 N–H and O–H groups in total. The number of rotatable bonds is 24. The highest BCUT2D eigenvalue weighted by Gasteiger charge is 2.38. The number of carboxylic acid groups (broad SMARTS) is 1. The summed E-state index contributed by atoms with van der Waals surface area (Å²) in [5, 5.41) is 39.0. The quantitative estimate of drug-likeness (QED) is 0.0327. The summed E-state index contributed by atoms with van der Waals surface area (Å²) >= 11 is 0. The molecule has 1 aromatic heterocycles. The van der Waals surface area contributed by atoms with E-state index in [0.29, 0.717) is 75.0 Å². The summed E-state index contributed by atoms with van der Waals surface area (Å²) in [6, 6.07) is 3.12. The third-order valence-electron chi connectivity index (χ3n) is 9.11. The number of hydrazine groups is 1. The molecule has 0 spiro atoms. The Hall–Kier alpha value is -5.54. The van der Waals surface area contributed by atoms with E-state index in [1.54, 1.807) is 18.3 Å². The van der Waals surface area contributed by atoms with Crippen LogP contribution in [-0.4, -0.2) is 122 Å². The van der Waals surface area contributed by atoms with Crippen LogP contribution in [0.2, 0.25) is 0 Å². The van der Waals surface area contributed by atoms with Crippen molar-refractivity contribution in [3.63, 3.8) is 0 Å². The van der Waals surface area contributed by atoms with Gasteiger partial charge in [-0.15, -0.1) is 0 Å². The minimum Gasteiger partial charge on any atom is -0.480 e. The molecule has 21 heteroatoms. The van der Waals surface area contributed by atoms with E-state index in [0.717, 1.165) is 0 Å². The molecule has 3 rings (SSSR count). The number of carbonyl (C=O) groups excluding carboxylic acids is 6. The van der Waals surface area contributed by atoms with E-state index < -0.39 is 60.8 Å². The number of likely N-dealkylation sites (tertiary alicyclic amines) is 1. The number of nitrogens with zero attached hydrogens (tertiary/aromatic N) is 2. The van der Waals surface area contributed by atoms with Crippen LogP contribution < -0.4 is 37.9 Å². The van der Waals surface area contributed by atoms with Crippen LogP contribution in [0.25, 0.3) is 0 Å². The molecular weight excluding hydrogens is 731 g/mol. The summed E-state index contributed by atoms with van der Waals surface area (Å²) in [4.78, 5) is 94.5. The van der Waals surface area contributed by atoms with Crippen molar-refractivity contribution in [2.45, 2.75) is 102 Å². The van der Waals surface area contributed by atoms with Gasteiger partial charge >= 0.3 is 13.1 Å². The Bertz CT molecular complexity index is 1610. The topological polar surface area (TPSA) is 310 Å². The van der Waals surface area contributed by atoms with E-state index in [-0.39, 0.29) is 44.0 Å². The SMILES string of the molecule is C[C@@H](NC(=O)c1ccc(NNC(=O)CCCCCC(=O)NCCCC[C@H](NC(=O)[C@H](Cc2c[nH]cn2)NC(=O)CN)C(=O)O)cc1)C(=O)N1CCC[C@H]1B(O)O. The maximum Gasteiger partial charge on any atom is 0.475 e. The van der Waals surface area contributed by atoms with Crippen molar-refractivity contribution < 1.29 is 48.7 Å². The Balaban J connectivity index is 1.25. The van der Waals surface area contributed by atoms with Crippen molar-refractivity contribution in [3.05, 3.63) is 48.0 Å². The average molecular weight is 785 g/mol. The van der Waals surface area contributed by atoms with Gasteiger partial charge in [-0.05, 0) is 76.1 Å². The van der Waals surface area contributed by atoms with E-state index in [9.17, 15) is 48.7 Å². The number of imidazole rings is 1. The molecule has 1 aliphatic heterocycles. The fraction of sp³-hybridized carbons (Fsp3) is 0.543. The molecule has 20 nitrogen and oxygen atoms in total. The van der Waals surface area contributed by atoms with E-state index in [1.807, 2.05) is 0 Å². The third kappa shape index (κ3) is 15.3. The number of H-pyrrole nitrogens is 1. The lowest BCUT2D eigenvalue weighted by Gasteiger charge is -2.27. The van der Waals surface area contributed by atoms with Gasteiger partial charge in [0.25, 0.3) is 5.91 Å². The van der Waals surface area contributed by atoms with Crippen molar-refractivity contribution in [3.8, 4) is 0 Å². The summed E-state index contributed by atoms with van der Waals surface area (Å²) in [5.74, 6) is -4.49. The van der Waals surface area contributed by atoms with Crippen LogP contribution >= 0.6 is 0 Å². The molecule has 0 saturated carbocycles. The van der Waals surface area contributed by atoms with Gasteiger partial charge in [0.05, 0.1) is 30.2 Å². The normalized spacial score (nSPS) is 15.1. The fourth-order valence-electron chi connectivity index (χ4n) is 6.02. The van der Waals surface area contributed by atoms with Crippen LogP contribution in [0.15, 0.2) is 36.8 Å². The van der Waals surface area contributed by atoms with Gasteiger partial charge in [-0.2, -0.15) is 0 Å². The molecule has 1 saturated heterocycles. The third-order valence-corrected chi connectivity index (χ3v) is 9.11. The molecule has 1 aromatic carbocycles. The number of unbranched alkanes of at least 4 members (excludes halogenated alkanes) is 3. The monoisotopic (exact) mass is 784 g/mol. The van der Waals surface area contributed by atoms with Crippen molar-refractivity contribution in [2.24, 2.45) is 5.73 Å². The number of carboxylic acids is 1. The zero-order valence-electron chi connectivity index (χ0n) is 31.4. The molecule has 0 bridgehead atoms. The van der Waals surface area contributed by atoms with Crippen LogP contribution in [0.3, 0.4) is 0 Å². The molecule has 306 valence electrons. The molecule has 0 radical (unpaired) electrons. The van der Waals surface area contributed by atoms with Crippen molar-refractivity contribution in [1.82, 2.24) is 41.6 Å². The Labute approximate surface area is 324 Å². The van der Waals surface area contributed by atoms with Gasteiger partial charge in [-0.25, -0.2) is 9.78 Å². The first-order valence-electron chi connectivity index (χ1n) is 18.7. The zero-order valence-corrected chi connectivity index (χ0v) is 31.4. The van der Waals surface area contributed by atoms with Gasteiger partial charge < -0.3 is 52.0 Å². The van der Waals surface area contributed by atoms with Crippen LogP contribution in [0.4, 0.5) is 5.69 Å². The highest BCUT2D eigenvalue weighted by molar-refractivity contribution is 6.43. The predicted molar refractivity (Wildman–Crippen MR) is 203 cm³/mol. The number of amides is 6. The van der Waals surface area contributed by atoms with Gasteiger partial charge in [-0.3, -0.25) is 39.6 Å². The van der Waals surface area contributed by atoms with Crippen LogP contribution in [0.1, 0.15) is 87.2 Å². The molecule has 56 heavy (non-hydrogen) atoms. The molecule has 1 fully saturated rings. The number of carbonyl (C=O) groups is 7. The van der Waals surface area contributed by atoms with Gasteiger partial charge in [0.15, 0.2) is 0 Å². The lowest BCUT2D eigenvalue weighted by Crippen LogP contribution is -2.53. The predicted octanol–water partition coefficient (Wildman–Crippen LogP) is -1.53. The first kappa shape index (κ1) is 44.9. The summed E-state index contributed by atoms with van der Waals surface area (Å²) in [6.07, 6.45) is 7.36. The molecule has 0 unspecified atom stereocenters. The number of aromatic nitrogens is 2. The van der Waals surface area contributed by atoms with Gasteiger partial charge in [0.2, 0.25) is 29.5 Å². The first-order chi connectivity index (χ1) is 26.8. The average Bonchev–Trinajstić information content (AvgIpc) is 3.89. The summed E-state index contributed by atoms with van der Waals surface area (Å²) in [5.41, 5.74) is 12.0. The van der Waals surface area contributed by atoms with Gasteiger partial charge in [-0.1, -0.05) is 6.42 Å². The van der Waals surface area contributed by atoms with Crippen LogP contribution in [0.5, 0.6) is 0 Å². The van der Waals surface area contributed by atoms with E-state index in [2.05, 4.69) is 42.1 Å². The van der Waals surface area contributed by atoms with E-state index in [4.69, 9.17) is 5.73 Å². The smallest absolute Gasteiger partial charge is 0.475 e. The highest BCUT2D eigenvalue weighted by Crippen LogP contribution is 2.19. The Kier molecular flexibility index (Phi) is 18.7. The lowest BCUT2D eigenvalue weighted by atomic mass is 9.78. The maximum atomic E-state index is 12.8. The summed E-state index contributed by atoms with van der Waals surface area (Å²) in [6.45, 7) is 1.90. The minimum absolute atomic E-state index is 0.0402. The number of anilines is 1. The van der Waals surface area contributed by atoms with Gasteiger partial charge in [0, 0.05) is 44.1 Å². The molecular formula is C35H53BN10O10. The Morgan fingerprint density at radius 3 is 2.29 bits per heavy atom. The van der Waals surface area contributed by atoms with Crippen LogP contribution in [0, 0.1) is 0 Å². The minimum atomic E-state index is -1.64. The Morgan fingerprint density at radius 2 is 1.64 bits per heavy atom. The molecule has 0 aliphatic carbocycles. The Morgan fingerprint density at radius 1 is 0.929 bits per heavy atom. The number of nitrogens with one attached hydrogen (secondary N) is 7. The molecule has 2 heterocycles. The number of hydrogen-bond acceptors (Lipinski definition) is 12. The number of aromatic amines is 1. The first-order valence-corrected chi connectivity index (χ1v) is 18.7. The van der Waals surface area contributed by atoms with Crippen LogP contribution in [-0.2, 0) is 35.2 Å². The number of nitrogens with two attached hydrogens (primary N) is 1. The number of benzene rings is 1. The van der Waals surface area contributed by atoms with Crippen molar-refractivity contribution in [1.29, 1.82) is 0 Å². The second kappa shape index (κ2) is 23.4. The highest BCUT2D eigenvalue weighted by atomic mass is 16.4. The summed E-state index contributed by atoms with van der Waals surface area (Å²) in [7, 11) is -1.64. The molecule has 4 atom stereocenters.